The zero-order chi connectivity index (χ0) is 20.3. The number of benzene rings is 4. The number of amides is 1. The minimum Gasteiger partial charge on any atom is -0.478 e. The molecule has 4 aromatic rings. The number of carbonyl (C=O) groups is 2. The van der Waals surface area contributed by atoms with Crippen molar-refractivity contribution in [3.63, 3.8) is 0 Å². The van der Waals surface area contributed by atoms with Crippen LogP contribution in [0.2, 0.25) is 10.0 Å². The molecule has 0 spiro atoms. The average molecular weight is 412 g/mol. The molecule has 0 radical (unpaired) electrons. The Morgan fingerprint density at radius 2 is 1.07 bits per heavy atom. The highest BCUT2D eigenvalue weighted by Gasteiger charge is 2.03. The number of aromatic carboxylic acids is 1. The summed E-state index contributed by atoms with van der Waals surface area (Å²) in [4.78, 5) is 21.6. The fraction of sp³-hybridized carbons (Fsp3) is 0. The fourth-order valence-corrected chi connectivity index (χ4v) is 3.08. The lowest BCUT2D eigenvalue weighted by Gasteiger charge is -2.00. The van der Waals surface area contributed by atoms with Crippen LogP contribution in [0.3, 0.4) is 0 Å². The highest BCUT2D eigenvalue weighted by atomic mass is 35.5. The van der Waals surface area contributed by atoms with Gasteiger partial charge >= 0.3 is 5.97 Å². The van der Waals surface area contributed by atoms with E-state index >= 15 is 0 Å². The van der Waals surface area contributed by atoms with Crippen molar-refractivity contribution >= 4 is 56.6 Å². The Kier molecular flexibility index (Phi) is 5.83. The molecule has 0 unspecified atom stereocenters. The third-order valence-electron chi connectivity index (χ3n) is 4.14. The van der Waals surface area contributed by atoms with Crippen molar-refractivity contribution in [1.29, 1.82) is 0 Å². The first kappa shape index (κ1) is 19.7. The van der Waals surface area contributed by atoms with Crippen molar-refractivity contribution in [3.8, 4) is 0 Å². The Morgan fingerprint density at radius 1 is 0.643 bits per heavy atom. The molecule has 4 nitrogen and oxygen atoms in total. The maximum atomic E-state index is 10.9. The Balaban J connectivity index is 0.000000161. The van der Waals surface area contributed by atoms with Crippen LogP contribution in [-0.4, -0.2) is 17.0 Å². The Morgan fingerprint density at radius 3 is 1.54 bits per heavy atom. The molecule has 0 aliphatic rings. The van der Waals surface area contributed by atoms with E-state index in [4.69, 9.17) is 34.0 Å². The van der Waals surface area contributed by atoms with E-state index in [0.717, 1.165) is 21.5 Å². The smallest absolute Gasteiger partial charge is 0.335 e. The molecule has 0 atom stereocenters. The van der Waals surface area contributed by atoms with E-state index in [0.29, 0.717) is 15.6 Å². The molecule has 28 heavy (non-hydrogen) atoms. The second kappa shape index (κ2) is 8.30. The third-order valence-corrected chi connectivity index (χ3v) is 4.61. The van der Waals surface area contributed by atoms with Gasteiger partial charge in [0.25, 0.3) is 0 Å². The minimum absolute atomic E-state index is 0.278. The number of carboxylic acids is 1. The number of hydrogen-bond acceptors (Lipinski definition) is 2. The van der Waals surface area contributed by atoms with E-state index in [1.807, 2.05) is 30.3 Å². The summed E-state index contributed by atoms with van der Waals surface area (Å²) in [5.41, 5.74) is 5.95. The maximum Gasteiger partial charge on any atom is 0.335 e. The molecule has 0 fully saturated rings. The number of rotatable bonds is 2. The predicted molar refractivity (Wildman–Crippen MR) is 113 cm³/mol. The van der Waals surface area contributed by atoms with E-state index in [1.54, 1.807) is 42.5 Å². The summed E-state index contributed by atoms with van der Waals surface area (Å²) in [6, 6.07) is 21.2. The van der Waals surface area contributed by atoms with Crippen molar-refractivity contribution in [2.75, 3.05) is 0 Å². The molecule has 6 heteroatoms. The average Bonchev–Trinajstić information content (AvgIpc) is 2.67. The number of carbonyl (C=O) groups excluding carboxylic acids is 1. The molecule has 0 aliphatic carbocycles. The number of halogens is 2. The molecule has 3 N–H and O–H groups in total. The Hall–Kier alpha value is -3.08. The molecule has 0 heterocycles. The SMILES string of the molecule is NC(=O)c1ccc2ccc(Cl)cc2c1.O=C(O)c1ccc2ccc(Cl)cc2c1. The third kappa shape index (κ3) is 4.60. The molecular weight excluding hydrogens is 397 g/mol. The van der Waals surface area contributed by atoms with Crippen LogP contribution in [0.15, 0.2) is 72.8 Å². The van der Waals surface area contributed by atoms with Gasteiger partial charge in [0.1, 0.15) is 0 Å². The summed E-state index contributed by atoms with van der Waals surface area (Å²) in [7, 11) is 0. The van der Waals surface area contributed by atoms with Crippen molar-refractivity contribution in [3.05, 3.63) is 94.0 Å². The highest BCUT2D eigenvalue weighted by molar-refractivity contribution is 6.31. The second-order valence-electron chi connectivity index (χ2n) is 6.08. The first-order chi connectivity index (χ1) is 13.3. The number of hydrogen-bond donors (Lipinski definition) is 2. The van der Waals surface area contributed by atoms with Crippen LogP contribution in [0.25, 0.3) is 21.5 Å². The van der Waals surface area contributed by atoms with Crippen LogP contribution in [0.4, 0.5) is 0 Å². The van der Waals surface area contributed by atoms with Crippen molar-refractivity contribution in [1.82, 2.24) is 0 Å². The van der Waals surface area contributed by atoms with E-state index in [2.05, 4.69) is 0 Å². The van der Waals surface area contributed by atoms with Gasteiger partial charge in [-0.2, -0.15) is 0 Å². The van der Waals surface area contributed by atoms with Crippen molar-refractivity contribution in [2.24, 2.45) is 5.73 Å². The van der Waals surface area contributed by atoms with Gasteiger partial charge in [0.05, 0.1) is 5.56 Å². The lowest BCUT2D eigenvalue weighted by atomic mass is 10.1. The fourth-order valence-electron chi connectivity index (χ4n) is 2.72. The molecule has 0 saturated carbocycles. The monoisotopic (exact) mass is 411 g/mol. The summed E-state index contributed by atoms with van der Waals surface area (Å²) in [5, 5.41) is 13.8. The molecule has 4 aromatic carbocycles. The van der Waals surface area contributed by atoms with Crippen molar-refractivity contribution < 1.29 is 14.7 Å². The largest absolute Gasteiger partial charge is 0.478 e. The minimum atomic E-state index is -0.924. The highest BCUT2D eigenvalue weighted by Crippen LogP contribution is 2.21. The van der Waals surface area contributed by atoms with Gasteiger partial charge in [-0.3, -0.25) is 4.79 Å². The van der Waals surface area contributed by atoms with Gasteiger partial charge in [-0.1, -0.05) is 47.5 Å². The second-order valence-corrected chi connectivity index (χ2v) is 6.95. The number of primary amides is 1. The first-order valence-corrected chi connectivity index (χ1v) is 9.01. The van der Waals surface area contributed by atoms with Gasteiger partial charge < -0.3 is 10.8 Å². The van der Waals surface area contributed by atoms with E-state index in [9.17, 15) is 9.59 Å². The summed E-state index contributed by atoms with van der Waals surface area (Å²) in [5.74, 6) is -1.35. The van der Waals surface area contributed by atoms with E-state index in [1.165, 1.54) is 0 Å². The maximum absolute atomic E-state index is 10.9. The summed E-state index contributed by atoms with van der Waals surface area (Å²) < 4.78 is 0. The van der Waals surface area contributed by atoms with Crippen LogP contribution in [0.1, 0.15) is 20.7 Å². The summed E-state index contributed by atoms with van der Waals surface area (Å²) in [6.07, 6.45) is 0. The van der Waals surface area contributed by atoms with Gasteiger partial charge in [0, 0.05) is 15.6 Å². The topological polar surface area (TPSA) is 80.4 Å². The van der Waals surface area contributed by atoms with Gasteiger partial charge in [0.15, 0.2) is 0 Å². The van der Waals surface area contributed by atoms with Gasteiger partial charge in [-0.15, -0.1) is 0 Å². The van der Waals surface area contributed by atoms with Crippen LogP contribution < -0.4 is 5.73 Å². The van der Waals surface area contributed by atoms with E-state index < -0.39 is 11.9 Å². The van der Waals surface area contributed by atoms with Crippen LogP contribution in [0.5, 0.6) is 0 Å². The van der Waals surface area contributed by atoms with Gasteiger partial charge in [0.2, 0.25) is 5.91 Å². The number of nitrogens with two attached hydrogens (primary N) is 1. The lowest BCUT2D eigenvalue weighted by Crippen LogP contribution is -2.10. The van der Waals surface area contributed by atoms with Crippen LogP contribution in [-0.2, 0) is 0 Å². The normalized spacial score (nSPS) is 10.4. The molecule has 4 rings (SSSR count). The molecule has 0 aromatic heterocycles. The summed E-state index contributed by atoms with van der Waals surface area (Å²) in [6.45, 7) is 0. The van der Waals surface area contributed by atoms with Gasteiger partial charge in [-0.05, 0) is 70.1 Å². The molecule has 0 aliphatic heterocycles. The molecular formula is C22H15Cl2NO3. The van der Waals surface area contributed by atoms with Crippen LogP contribution >= 0.6 is 23.2 Å². The molecule has 1 amide bonds. The molecule has 140 valence electrons. The zero-order valence-corrected chi connectivity index (χ0v) is 16.0. The van der Waals surface area contributed by atoms with Crippen molar-refractivity contribution in [2.45, 2.75) is 0 Å². The van der Waals surface area contributed by atoms with Gasteiger partial charge in [-0.25, -0.2) is 4.79 Å². The first-order valence-electron chi connectivity index (χ1n) is 8.25. The Labute approximate surface area is 171 Å². The number of fused-ring (bicyclic) bond motifs is 2. The summed E-state index contributed by atoms with van der Waals surface area (Å²) >= 11 is 11.6. The standard InChI is InChI=1S/C11H8ClNO.C11H7ClO2/c2*12-10-4-3-7-1-2-8(11(13)14)5-9(7)6-10/h1-6H,(H2,13,14);1-6H,(H,13,14). The molecule has 0 saturated heterocycles. The Bertz CT molecular complexity index is 1110. The van der Waals surface area contributed by atoms with E-state index in [-0.39, 0.29) is 5.56 Å². The number of carboxylic acid groups (broad SMARTS) is 1. The predicted octanol–water partition coefficient (Wildman–Crippen LogP) is 5.78. The quantitative estimate of drug-likeness (QED) is 0.438. The lowest BCUT2D eigenvalue weighted by molar-refractivity contribution is 0.0697. The molecule has 0 bridgehead atoms. The van der Waals surface area contributed by atoms with Crippen LogP contribution in [0, 0.1) is 0 Å². The zero-order valence-electron chi connectivity index (χ0n) is 14.5.